The first-order valence-corrected chi connectivity index (χ1v) is 9.51. The van der Waals surface area contributed by atoms with E-state index >= 15 is 0 Å². The van der Waals surface area contributed by atoms with Crippen molar-refractivity contribution >= 4 is 11.4 Å². The van der Waals surface area contributed by atoms with Crippen LogP contribution in [0.4, 0.5) is 0 Å². The lowest BCUT2D eigenvalue weighted by Gasteiger charge is -2.32. The van der Waals surface area contributed by atoms with Crippen LogP contribution in [0.15, 0.2) is 48.0 Å². The second-order valence-electron chi connectivity index (χ2n) is 7.20. The zero-order valence-corrected chi connectivity index (χ0v) is 15.9. The highest BCUT2D eigenvalue weighted by atomic mass is 16.2. The van der Waals surface area contributed by atoms with E-state index < -0.39 is 0 Å². The highest BCUT2D eigenvalue weighted by molar-refractivity contribution is 5.95. The summed E-state index contributed by atoms with van der Waals surface area (Å²) in [6, 6.07) is 3.81. The molecule has 0 bridgehead atoms. The van der Waals surface area contributed by atoms with Crippen LogP contribution in [0.5, 0.6) is 0 Å². The van der Waals surface area contributed by atoms with Crippen molar-refractivity contribution in [3.63, 3.8) is 0 Å². The molecule has 1 amide bonds. The fourth-order valence-corrected chi connectivity index (χ4v) is 3.88. The molecule has 1 aliphatic heterocycles. The van der Waals surface area contributed by atoms with E-state index in [4.69, 9.17) is 0 Å². The molecule has 5 heterocycles. The van der Waals surface area contributed by atoms with Crippen LogP contribution >= 0.6 is 0 Å². The first-order valence-electron chi connectivity index (χ1n) is 9.51. The Morgan fingerprint density at radius 1 is 1.24 bits per heavy atom. The minimum Gasteiger partial charge on any atom is -0.338 e. The zero-order chi connectivity index (χ0) is 20.0. The van der Waals surface area contributed by atoms with Crippen molar-refractivity contribution in [2.75, 3.05) is 13.1 Å². The van der Waals surface area contributed by atoms with Gasteiger partial charge in [-0.2, -0.15) is 5.10 Å². The van der Waals surface area contributed by atoms with Crippen molar-refractivity contribution in [3.8, 4) is 5.95 Å². The molecule has 0 radical (unpaired) electrons. The number of rotatable bonds is 3. The second-order valence-corrected chi connectivity index (χ2v) is 7.20. The van der Waals surface area contributed by atoms with E-state index in [1.54, 1.807) is 37.6 Å². The van der Waals surface area contributed by atoms with Crippen LogP contribution in [0.25, 0.3) is 11.5 Å². The SMILES string of the molecule is Cc1c(C(=O)N2CCC(n3ccnc3)CC2)cnn1-c1nn2cccc2c(=O)[nH]1. The molecular formula is C19H20N8O2. The van der Waals surface area contributed by atoms with Gasteiger partial charge in [0.25, 0.3) is 11.5 Å². The van der Waals surface area contributed by atoms with E-state index in [0.29, 0.717) is 35.9 Å². The number of likely N-dealkylation sites (tertiary alicyclic amines) is 1. The van der Waals surface area contributed by atoms with Crippen molar-refractivity contribution in [2.45, 2.75) is 25.8 Å². The average molecular weight is 392 g/mol. The summed E-state index contributed by atoms with van der Waals surface area (Å²) in [4.78, 5) is 34.0. The lowest BCUT2D eigenvalue weighted by atomic mass is 10.0. The number of amides is 1. The number of carbonyl (C=O) groups excluding carboxylic acids is 1. The maximum Gasteiger partial charge on any atom is 0.276 e. The molecule has 4 aromatic heterocycles. The molecule has 1 saturated heterocycles. The first-order chi connectivity index (χ1) is 14.1. The third-order valence-corrected chi connectivity index (χ3v) is 5.53. The molecule has 1 aliphatic rings. The summed E-state index contributed by atoms with van der Waals surface area (Å²) in [6.45, 7) is 3.16. The van der Waals surface area contributed by atoms with E-state index in [-0.39, 0.29) is 17.4 Å². The molecule has 10 nitrogen and oxygen atoms in total. The molecule has 4 aromatic rings. The Bertz CT molecular complexity index is 1220. The molecule has 1 fully saturated rings. The fraction of sp³-hybridized carbons (Fsp3) is 0.316. The number of nitrogens with one attached hydrogen (secondary N) is 1. The van der Waals surface area contributed by atoms with Crippen molar-refractivity contribution in [1.29, 1.82) is 0 Å². The molecule has 0 spiro atoms. The number of imidazole rings is 1. The summed E-state index contributed by atoms with van der Waals surface area (Å²) in [7, 11) is 0. The molecule has 148 valence electrons. The maximum atomic E-state index is 13.1. The number of nitrogens with zero attached hydrogens (tertiary/aromatic N) is 7. The van der Waals surface area contributed by atoms with Crippen molar-refractivity contribution < 1.29 is 4.79 Å². The van der Waals surface area contributed by atoms with E-state index in [1.165, 1.54) is 9.20 Å². The second kappa shape index (κ2) is 6.73. The predicted molar refractivity (Wildman–Crippen MR) is 104 cm³/mol. The standard InChI is InChI=1S/C19H20N8O2/c1-13-15(18(29)24-8-4-14(5-9-24)25-10-6-20-12-25)11-21-27(13)19-22-17(28)16-3-2-7-26(16)23-19/h2-3,6-7,10-12,14H,4-5,8-9H2,1H3,(H,22,23,28). The number of hydrogen-bond acceptors (Lipinski definition) is 5. The van der Waals surface area contributed by atoms with Gasteiger partial charge in [-0.15, -0.1) is 5.10 Å². The highest BCUT2D eigenvalue weighted by Crippen LogP contribution is 2.24. The van der Waals surface area contributed by atoms with Crippen LogP contribution in [0, 0.1) is 6.92 Å². The van der Waals surface area contributed by atoms with Gasteiger partial charge >= 0.3 is 0 Å². The van der Waals surface area contributed by atoms with E-state index in [1.807, 2.05) is 17.4 Å². The molecule has 10 heteroatoms. The normalized spacial score (nSPS) is 15.3. The summed E-state index contributed by atoms with van der Waals surface area (Å²) in [5, 5.41) is 8.68. The van der Waals surface area contributed by atoms with Crippen LogP contribution in [0.3, 0.4) is 0 Å². The summed E-state index contributed by atoms with van der Waals surface area (Å²) in [6.07, 6.45) is 10.6. The number of aromatic nitrogens is 7. The summed E-state index contributed by atoms with van der Waals surface area (Å²) in [5.41, 5.74) is 1.35. The summed E-state index contributed by atoms with van der Waals surface area (Å²) >= 11 is 0. The maximum absolute atomic E-state index is 13.1. The van der Waals surface area contributed by atoms with Gasteiger partial charge in [0.1, 0.15) is 5.52 Å². The van der Waals surface area contributed by atoms with Gasteiger partial charge in [0, 0.05) is 37.7 Å². The number of piperidine rings is 1. The first kappa shape index (κ1) is 17.4. The van der Waals surface area contributed by atoms with Crippen molar-refractivity contribution in [3.05, 3.63) is 64.9 Å². The Balaban J connectivity index is 1.38. The van der Waals surface area contributed by atoms with Gasteiger partial charge < -0.3 is 9.47 Å². The molecule has 5 rings (SSSR count). The Kier molecular flexibility index (Phi) is 4.04. The summed E-state index contributed by atoms with van der Waals surface area (Å²) in [5.74, 6) is 0.219. The predicted octanol–water partition coefficient (Wildman–Crippen LogP) is 1.19. The van der Waals surface area contributed by atoms with Gasteiger partial charge in [0.2, 0.25) is 5.95 Å². The van der Waals surface area contributed by atoms with Crippen LogP contribution < -0.4 is 5.56 Å². The van der Waals surface area contributed by atoms with Crippen molar-refractivity contribution in [1.82, 2.24) is 38.8 Å². The monoisotopic (exact) mass is 392 g/mol. The number of H-pyrrole nitrogens is 1. The van der Waals surface area contributed by atoms with Gasteiger partial charge in [0.05, 0.1) is 23.8 Å². The third-order valence-electron chi connectivity index (χ3n) is 5.53. The topological polar surface area (TPSA) is 106 Å². The number of aromatic amines is 1. The smallest absolute Gasteiger partial charge is 0.276 e. The average Bonchev–Trinajstić information content (AvgIpc) is 3.48. The van der Waals surface area contributed by atoms with E-state index in [0.717, 1.165) is 12.8 Å². The minimum absolute atomic E-state index is 0.0535. The molecule has 1 N–H and O–H groups in total. The summed E-state index contributed by atoms with van der Waals surface area (Å²) < 4.78 is 5.09. The van der Waals surface area contributed by atoms with Crippen molar-refractivity contribution in [2.24, 2.45) is 0 Å². The zero-order valence-electron chi connectivity index (χ0n) is 15.9. The molecule has 0 aromatic carbocycles. The van der Waals surface area contributed by atoms with Gasteiger partial charge in [-0.25, -0.2) is 14.2 Å². The van der Waals surface area contributed by atoms with E-state index in [9.17, 15) is 9.59 Å². The Morgan fingerprint density at radius 2 is 2.07 bits per heavy atom. The number of fused-ring (bicyclic) bond motifs is 1. The number of hydrogen-bond donors (Lipinski definition) is 1. The molecule has 0 atom stereocenters. The highest BCUT2D eigenvalue weighted by Gasteiger charge is 2.27. The third kappa shape index (κ3) is 2.93. The van der Waals surface area contributed by atoms with Crippen LogP contribution in [0.2, 0.25) is 0 Å². The molecule has 0 saturated carbocycles. The van der Waals surface area contributed by atoms with Gasteiger partial charge in [-0.1, -0.05) is 0 Å². The Morgan fingerprint density at radius 3 is 2.83 bits per heavy atom. The minimum atomic E-state index is -0.260. The van der Waals surface area contributed by atoms with Crippen LogP contribution in [0.1, 0.15) is 34.9 Å². The number of carbonyl (C=O) groups is 1. The van der Waals surface area contributed by atoms with Gasteiger partial charge in [0.15, 0.2) is 0 Å². The largest absolute Gasteiger partial charge is 0.338 e. The lowest BCUT2D eigenvalue weighted by molar-refractivity contribution is 0.0694. The van der Waals surface area contributed by atoms with Crippen LogP contribution in [-0.4, -0.2) is 57.8 Å². The Labute approximate surface area is 165 Å². The fourth-order valence-electron chi connectivity index (χ4n) is 3.88. The van der Waals surface area contributed by atoms with E-state index in [2.05, 4.69) is 24.7 Å². The molecule has 0 unspecified atom stereocenters. The quantitative estimate of drug-likeness (QED) is 0.564. The van der Waals surface area contributed by atoms with Gasteiger partial charge in [-0.05, 0) is 31.9 Å². The molecular weight excluding hydrogens is 372 g/mol. The lowest BCUT2D eigenvalue weighted by Crippen LogP contribution is -2.39. The van der Waals surface area contributed by atoms with Gasteiger partial charge in [-0.3, -0.25) is 14.6 Å². The molecule has 29 heavy (non-hydrogen) atoms. The molecule has 0 aliphatic carbocycles. The Hall–Kier alpha value is -3.69. The van der Waals surface area contributed by atoms with Crippen LogP contribution in [-0.2, 0) is 0 Å².